The lowest BCUT2D eigenvalue weighted by atomic mass is 10.1. The number of ether oxygens (including phenoxy) is 2. The van der Waals surface area contributed by atoms with Crippen LogP contribution in [0.3, 0.4) is 0 Å². The third kappa shape index (κ3) is 3.00. The van der Waals surface area contributed by atoms with E-state index in [1.807, 2.05) is 36.4 Å². The van der Waals surface area contributed by atoms with Crippen molar-refractivity contribution in [2.45, 2.75) is 31.8 Å². The summed E-state index contributed by atoms with van der Waals surface area (Å²) < 4.78 is 17.0. The van der Waals surface area contributed by atoms with Gasteiger partial charge in [0.2, 0.25) is 0 Å². The average Bonchev–Trinajstić information content (AvgIpc) is 3.28. The number of methoxy groups -OCH3 is 1. The van der Waals surface area contributed by atoms with Crippen molar-refractivity contribution < 1.29 is 18.7 Å². The van der Waals surface area contributed by atoms with Crippen molar-refractivity contribution in [3.8, 4) is 5.75 Å². The van der Waals surface area contributed by atoms with Gasteiger partial charge in [-0.2, -0.15) is 0 Å². The SMILES string of the molecule is COC(=O)/C=C/c1ccc(OC2CCCC2)c2oc3ccccc3c12. The highest BCUT2D eigenvalue weighted by atomic mass is 16.5. The van der Waals surface area contributed by atoms with E-state index in [9.17, 15) is 4.79 Å². The molecule has 3 aromatic rings. The second kappa shape index (κ2) is 6.63. The number of carbonyl (C=O) groups is 1. The molecule has 1 aliphatic carbocycles. The van der Waals surface area contributed by atoms with E-state index in [1.54, 1.807) is 6.08 Å². The highest BCUT2D eigenvalue weighted by molar-refractivity contribution is 6.11. The van der Waals surface area contributed by atoms with Gasteiger partial charge in [0.25, 0.3) is 0 Å². The van der Waals surface area contributed by atoms with Gasteiger partial charge in [-0.25, -0.2) is 4.79 Å². The van der Waals surface area contributed by atoms with Crippen LogP contribution >= 0.6 is 0 Å². The molecule has 4 rings (SSSR count). The molecule has 0 N–H and O–H groups in total. The molecule has 2 aromatic carbocycles. The molecule has 25 heavy (non-hydrogen) atoms. The molecule has 4 heteroatoms. The van der Waals surface area contributed by atoms with Crippen LogP contribution < -0.4 is 4.74 Å². The minimum atomic E-state index is -0.382. The van der Waals surface area contributed by atoms with Gasteiger partial charge in [0.15, 0.2) is 11.3 Å². The Morgan fingerprint density at radius 2 is 1.96 bits per heavy atom. The number of carbonyl (C=O) groups excluding carboxylic acids is 1. The molecular weight excluding hydrogens is 316 g/mol. The number of fused-ring (bicyclic) bond motifs is 3. The lowest BCUT2D eigenvalue weighted by Crippen LogP contribution is -2.10. The van der Waals surface area contributed by atoms with Crippen molar-refractivity contribution in [3.05, 3.63) is 48.0 Å². The first-order chi connectivity index (χ1) is 12.3. The fourth-order valence-electron chi connectivity index (χ4n) is 3.47. The quantitative estimate of drug-likeness (QED) is 0.491. The van der Waals surface area contributed by atoms with Gasteiger partial charge in [-0.1, -0.05) is 24.3 Å². The highest BCUT2D eigenvalue weighted by Gasteiger charge is 2.20. The summed E-state index contributed by atoms with van der Waals surface area (Å²) in [6.07, 6.45) is 8.05. The Balaban J connectivity index is 1.85. The number of para-hydroxylation sites is 1. The van der Waals surface area contributed by atoms with E-state index in [0.29, 0.717) is 0 Å². The molecule has 0 radical (unpaired) electrons. The standard InChI is InChI=1S/C21H20O4/c1-23-19(22)13-11-14-10-12-18(24-15-6-2-3-7-15)21-20(14)16-8-4-5-9-17(16)25-21/h4-5,8-13,15H,2-3,6-7H2,1H3/b13-11+. The summed E-state index contributed by atoms with van der Waals surface area (Å²) in [7, 11) is 1.37. The molecule has 0 aliphatic heterocycles. The maximum atomic E-state index is 11.5. The Bertz CT molecular complexity index is 945. The van der Waals surface area contributed by atoms with Crippen LogP contribution in [-0.4, -0.2) is 19.2 Å². The molecule has 1 aromatic heterocycles. The van der Waals surface area contributed by atoms with Gasteiger partial charge in [-0.15, -0.1) is 0 Å². The summed E-state index contributed by atoms with van der Waals surface area (Å²) in [5.74, 6) is 0.389. The number of benzene rings is 2. The molecule has 0 saturated heterocycles. The minimum Gasteiger partial charge on any atom is -0.486 e. The molecule has 0 unspecified atom stereocenters. The maximum Gasteiger partial charge on any atom is 0.330 e. The molecule has 1 aliphatic rings. The van der Waals surface area contributed by atoms with Crippen LogP contribution in [0.25, 0.3) is 28.0 Å². The van der Waals surface area contributed by atoms with Crippen molar-refractivity contribution in [2.24, 2.45) is 0 Å². The van der Waals surface area contributed by atoms with Crippen molar-refractivity contribution in [2.75, 3.05) is 7.11 Å². The fraction of sp³-hybridized carbons (Fsp3) is 0.286. The second-order valence-electron chi connectivity index (χ2n) is 6.34. The molecule has 1 heterocycles. The monoisotopic (exact) mass is 336 g/mol. The van der Waals surface area contributed by atoms with Crippen molar-refractivity contribution >= 4 is 34.0 Å². The first-order valence-corrected chi connectivity index (χ1v) is 8.63. The number of hydrogen-bond donors (Lipinski definition) is 0. The zero-order chi connectivity index (χ0) is 17.2. The van der Waals surface area contributed by atoms with Crippen molar-refractivity contribution in [1.82, 2.24) is 0 Å². The molecule has 128 valence electrons. The summed E-state index contributed by atoms with van der Waals surface area (Å²) in [5, 5.41) is 1.98. The van der Waals surface area contributed by atoms with Gasteiger partial charge < -0.3 is 13.9 Å². The molecule has 0 bridgehead atoms. The second-order valence-corrected chi connectivity index (χ2v) is 6.34. The van der Waals surface area contributed by atoms with Crippen LogP contribution in [0.1, 0.15) is 31.2 Å². The molecule has 0 spiro atoms. The summed E-state index contributed by atoms with van der Waals surface area (Å²) in [4.78, 5) is 11.5. The third-order valence-corrected chi connectivity index (χ3v) is 4.72. The molecule has 4 nitrogen and oxygen atoms in total. The summed E-state index contributed by atoms with van der Waals surface area (Å²) >= 11 is 0. The predicted molar refractivity (Wildman–Crippen MR) is 97.7 cm³/mol. The summed E-state index contributed by atoms with van der Waals surface area (Å²) in [5.41, 5.74) is 2.46. The third-order valence-electron chi connectivity index (χ3n) is 4.72. The first-order valence-electron chi connectivity index (χ1n) is 8.63. The largest absolute Gasteiger partial charge is 0.486 e. The van der Waals surface area contributed by atoms with Gasteiger partial charge in [0.05, 0.1) is 13.2 Å². The van der Waals surface area contributed by atoms with Gasteiger partial charge in [-0.05, 0) is 49.5 Å². The average molecular weight is 336 g/mol. The van der Waals surface area contributed by atoms with E-state index >= 15 is 0 Å². The lowest BCUT2D eigenvalue weighted by Gasteiger charge is -2.13. The molecule has 0 amide bonds. The summed E-state index contributed by atoms with van der Waals surface area (Å²) in [6, 6.07) is 11.8. The lowest BCUT2D eigenvalue weighted by molar-refractivity contribution is -0.134. The minimum absolute atomic E-state index is 0.257. The maximum absolute atomic E-state index is 11.5. The van der Waals surface area contributed by atoms with Crippen molar-refractivity contribution in [3.63, 3.8) is 0 Å². The van der Waals surface area contributed by atoms with Gasteiger partial charge in [0, 0.05) is 16.8 Å². The Kier molecular flexibility index (Phi) is 4.18. The van der Waals surface area contributed by atoms with E-state index in [0.717, 1.165) is 46.1 Å². The smallest absolute Gasteiger partial charge is 0.330 e. The van der Waals surface area contributed by atoms with Crippen LogP contribution in [-0.2, 0) is 9.53 Å². The topological polar surface area (TPSA) is 48.7 Å². The Morgan fingerprint density at radius 3 is 2.76 bits per heavy atom. The number of rotatable bonds is 4. The Morgan fingerprint density at radius 1 is 1.16 bits per heavy atom. The van der Waals surface area contributed by atoms with E-state index in [1.165, 1.54) is 26.0 Å². The van der Waals surface area contributed by atoms with Crippen LogP contribution in [0.15, 0.2) is 46.9 Å². The number of hydrogen-bond acceptors (Lipinski definition) is 4. The van der Waals surface area contributed by atoms with Gasteiger partial charge >= 0.3 is 5.97 Å². The van der Waals surface area contributed by atoms with Gasteiger partial charge in [-0.3, -0.25) is 0 Å². The number of furan rings is 1. The molecule has 1 fully saturated rings. The van der Waals surface area contributed by atoms with E-state index in [-0.39, 0.29) is 12.1 Å². The Labute approximate surface area is 146 Å². The zero-order valence-electron chi connectivity index (χ0n) is 14.2. The Hall–Kier alpha value is -2.75. The van der Waals surface area contributed by atoms with E-state index in [2.05, 4.69) is 0 Å². The predicted octanol–water partition coefficient (Wildman–Crippen LogP) is 5.09. The fourth-order valence-corrected chi connectivity index (χ4v) is 3.47. The molecule has 1 saturated carbocycles. The summed E-state index contributed by atoms with van der Waals surface area (Å²) in [6.45, 7) is 0. The normalized spacial score (nSPS) is 15.4. The van der Waals surface area contributed by atoms with Crippen LogP contribution in [0.5, 0.6) is 5.75 Å². The van der Waals surface area contributed by atoms with E-state index in [4.69, 9.17) is 13.9 Å². The van der Waals surface area contributed by atoms with Crippen molar-refractivity contribution in [1.29, 1.82) is 0 Å². The van der Waals surface area contributed by atoms with Gasteiger partial charge in [0.1, 0.15) is 5.58 Å². The van der Waals surface area contributed by atoms with E-state index < -0.39 is 0 Å². The van der Waals surface area contributed by atoms with Crippen LogP contribution in [0.4, 0.5) is 0 Å². The first kappa shape index (κ1) is 15.8. The van der Waals surface area contributed by atoms with Crippen LogP contribution in [0, 0.1) is 0 Å². The number of esters is 1. The molecule has 0 atom stereocenters. The highest BCUT2D eigenvalue weighted by Crippen LogP contribution is 2.39. The van der Waals surface area contributed by atoms with Crippen LogP contribution in [0.2, 0.25) is 0 Å². The molecular formula is C21H20O4. The zero-order valence-corrected chi connectivity index (χ0v) is 14.2.